The van der Waals surface area contributed by atoms with Gasteiger partial charge in [0.2, 0.25) is 5.76 Å². The fraction of sp³-hybridized carbons (Fsp3) is 0.818. The fourth-order valence-electron chi connectivity index (χ4n) is 6.21. The summed E-state index contributed by atoms with van der Waals surface area (Å²) in [5.41, 5.74) is 1.38. The van der Waals surface area contributed by atoms with Gasteiger partial charge in [0.1, 0.15) is 5.78 Å². The van der Waals surface area contributed by atoms with E-state index in [4.69, 9.17) is 18.9 Å². The summed E-state index contributed by atoms with van der Waals surface area (Å²) >= 11 is 0. The third kappa shape index (κ3) is 12.4. The monoisotopic (exact) mass is 562 g/mol. The maximum absolute atomic E-state index is 12.7. The Labute approximate surface area is 242 Å². The van der Waals surface area contributed by atoms with Gasteiger partial charge in [-0.25, -0.2) is 4.79 Å². The van der Waals surface area contributed by atoms with E-state index in [0.29, 0.717) is 31.1 Å². The molecule has 2 aliphatic heterocycles. The Hall–Kier alpha value is -1.70. The molecule has 2 saturated heterocycles. The maximum Gasteiger partial charge on any atom is 0.370 e. The number of hydrogen-bond donors (Lipinski definition) is 1. The van der Waals surface area contributed by atoms with Gasteiger partial charge in [0.15, 0.2) is 12.6 Å². The van der Waals surface area contributed by atoms with Gasteiger partial charge in [0.25, 0.3) is 0 Å². The largest absolute Gasteiger partial charge is 0.475 e. The van der Waals surface area contributed by atoms with Crippen molar-refractivity contribution in [3.63, 3.8) is 0 Å². The summed E-state index contributed by atoms with van der Waals surface area (Å²) in [6, 6.07) is 0. The van der Waals surface area contributed by atoms with Crippen molar-refractivity contribution in [2.75, 3.05) is 13.2 Å². The van der Waals surface area contributed by atoms with Gasteiger partial charge in [-0.3, -0.25) is 4.79 Å². The number of allylic oxidation sites excluding steroid dienone is 3. The Morgan fingerprint density at radius 2 is 1.60 bits per heavy atom. The highest BCUT2D eigenvalue weighted by atomic mass is 16.7. The van der Waals surface area contributed by atoms with E-state index >= 15 is 0 Å². The van der Waals surface area contributed by atoms with Gasteiger partial charge in [-0.2, -0.15) is 0 Å². The molecule has 5 atom stereocenters. The molecule has 228 valence electrons. The summed E-state index contributed by atoms with van der Waals surface area (Å²) in [5.74, 6) is -0.116. The van der Waals surface area contributed by atoms with E-state index in [-0.39, 0.29) is 24.1 Å². The summed E-state index contributed by atoms with van der Waals surface area (Å²) < 4.78 is 23.4. The standard InChI is InChI=1S/C33H54O7/c1-25(2)13-5-3-6-14-27(39-31-17-9-11-23-37-31)21-19-26-20-22-29(34)28(26)15-7-4-8-16-30(33(35)36)40-32-18-10-12-24-38-32/h13,16,26-28,31-32H,3-12,14-15,17-24H2,1-2H3,(H,35,36)/t26-,27?,28+,31?,32?/m0/s1. The lowest BCUT2D eigenvalue weighted by Crippen LogP contribution is -2.28. The zero-order valence-corrected chi connectivity index (χ0v) is 25.1. The van der Waals surface area contributed by atoms with Gasteiger partial charge < -0.3 is 24.1 Å². The van der Waals surface area contributed by atoms with Crippen molar-refractivity contribution in [2.24, 2.45) is 11.8 Å². The molecule has 0 aromatic heterocycles. The van der Waals surface area contributed by atoms with Gasteiger partial charge in [-0.15, -0.1) is 0 Å². The summed E-state index contributed by atoms with van der Waals surface area (Å²) in [5, 5.41) is 9.50. The molecule has 0 aromatic carbocycles. The molecule has 1 N–H and O–H groups in total. The van der Waals surface area contributed by atoms with Gasteiger partial charge in [0.05, 0.1) is 12.7 Å². The molecule has 1 aliphatic carbocycles. The lowest BCUT2D eigenvalue weighted by molar-refractivity contribution is -0.191. The third-order valence-electron chi connectivity index (χ3n) is 8.52. The van der Waals surface area contributed by atoms with Crippen LogP contribution in [0.3, 0.4) is 0 Å². The first kappa shape index (κ1) is 32.8. The average Bonchev–Trinajstić information content (AvgIpc) is 3.30. The summed E-state index contributed by atoms with van der Waals surface area (Å²) in [4.78, 5) is 24.3. The lowest BCUT2D eigenvalue weighted by Gasteiger charge is -2.29. The van der Waals surface area contributed by atoms with Crippen LogP contribution in [-0.4, -0.2) is 48.8 Å². The highest BCUT2D eigenvalue weighted by molar-refractivity contribution is 5.84. The van der Waals surface area contributed by atoms with E-state index in [2.05, 4.69) is 19.9 Å². The number of carbonyl (C=O) groups is 2. The van der Waals surface area contributed by atoms with Crippen molar-refractivity contribution in [2.45, 2.75) is 148 Å². The van der Waals surface area contributed by atoms with Crippen LogP contribution in [0, 0.1) is 11.8 Å². The quantitative estimate of drug-likeness (QED) is 0.0786. The molecule has 3 rings (SSSR count). The molecule has 7 nitrogen and oxygen atoms in total. The highest BCUT2D eigenvalue weighted by Crippen LogP contribution is 2.37. The Morgan fingerprint density at radius 3 is 2.27 bits per heavy atom. The van der Waals surface area contributed by atoms with Gasteiger partial charge >= 0.3 is 5.97 Å². The molecule has 0 bridgehead atoms. The number of unbranched alkanes of at least 4 members (excludes halogenated alkanes) is 4. The van der Waals surface area contributed by atoms with Gasteiger partial charge in [-0.1, -0.05) is 24.5 Å². The van der Waals surface area contributed by atoms with Crippen LogP contribution in [0.25, 0.3) is 0 Å². The molecule has 3 unspecified atom stereocenters. The van der Waals surface area contributed by atoms with Crippen LogP contribution in [0.2, 0.25) is 0 Å². The summed E-state index contributed by atoms with van der Waals surface area (Å²) in [7, 11) is 0. The SMILES string of the molecule is CC(C)=CCCCCC(CC[C@H]1CCC(=O)[C@@H]1CCCCC=C(OC1CCCCO1)C(=O)O)OC1CCCCO1. The van der Waals surface area contributed by atoms with Crippen LogP contribution in [0.15, 0.2) is 23.5 Å². The minimum Gasteiger partial charge on any atom is -0.475 e. The number of ketones is 1. The van der Waals surface area contributed by atoms with E-state index in [1.807, 2.05) is 0 Å². The highest BCUT2D eigenvalue weighted by Gasteiger charge is 2.34. The molecule has 7 heteroatoms. The zero-order chi connectivity index (χ0) is 28.6. The normalized spacial score (nSPS) is 26.4. The molecule has 1 saturated carbocycles. The topological polar surface area (TPSA) is 91.3 Å². The van der Waals surface area contributed by atoms with E-state index in [0.717, 1.165) is 96.5 Å². The lowest BCUT2D eigenvalue weighted by atomic mass is 9.86. The van der Waals surface area contributed by atoms with E-state index < -0.39 is 12.3 Å². The summed E-state index contributed by atoms with van der Waals surface area (Å²) in [6.07, 6.45) is 21.1. The molecule has 40 heavy (non-hydrogen) atoms. The molecule has 2 heterocycles. The van der Waals surface area contributed by atoms with Gasteiger partial charge in [0, 0.05) is 25.4 Å². The minimum atomic E-state index is -1.05. The fourth-order valence-corrected chi connectivity index (χ4v) is 6.21. The summed E-state index contributed by atoms with van der Waals surface area (Å²) in [6.45, 7) is 5.71. The smallest absolute Gasteiger partial charge is 0.370 e. The van der Waals surface area contributed by atoms with E-state index in [9.17, 15) is 14.7 Å². The van der Waals surface area contributed by atoms with Crippen molar-refractivity contribution in [1.82, 2.24) is 0 Å². The molecule has 0 radical (unpaired) electrons. The molecule has 0 aromatic rings. The minimum absolute atomic E-state index is 0.0180. The molecule has 0 amide bonds. The first-order valence-corrected chi connectivity index (χ1v) is 16.1. The Bertz CT molecular complexity index is 804. The van der Waals surface area contributed by atoms with Crippen molar-refractivity contribution in [1.29, 1.82) is 0 Å². The Balaban J connectivity index is 1.42. The second-order valence-corrected chi connectivity index (χ2v) is 12.1. The predicted molar refractivity (Wildman–Crippen MR) is 156 cm³/mol. The number of carboxylic acid groups (broad SMARTS) is 1. The second-order valence-electron chi connectivity index (χ2n) is 12.1. The van der Waals surface area contributed by atoms with Crippen LogP contribution >= 0.6 is 0 Å². The molecule has 0 spiro atoms. The van der Waals surface area contributed by atoms with E-state index in [1.54, 1.807) is 6.08 Å². The zero-order valence-electron chi connectivity index (χ0n) is 25.1. The second kappa shape index (κ2) is 18.7. The number of carbonyl (C=O) groups excluding carboxylic acids is 1. The number of aliphatic carboxylic acids is 1. The average molecular weight is 563 g/mol. The van der Waals surface area contributed by atoms with Crippen molar-refractivity contribution in [3.05, 3.63) is 23.5 Å². The Morgan fingerprint density at radius 1 is 0.900 bits per heavy atom. The molecule has 3 fully saturated rings. The molecular weight excluding hydrogens is 508 g/mol. The van der Waals surface area contributed by atoms with Crippen molar-refractivity contribution < 1.29 is 33.6 Å². The first-order valence-electron chi connectivity index (χ1n) is 16.1. The Kier molecular flexibility index (Phi) is 15.3. The van der Waals surface area contributed by atoms with Crippen LogP contribution in [0.1, 0.15) is 129 Å². The van der Waals surface area contributed by atoms with Crippen LogP contribution in [0.5, 0.6) is 0 Å². The number of Topliss-reactive ketones (excluding diaryl/α,β-unsaturated/α-hetero) is 1. The number of carboxylic acids is 1. The van der Waals surface area contributed by atoms with Crippen LogP contribution in [-0.2, 0) is 28.5 Å². The number of hydrogen-bond acceptors (Lipinski definition) is 6. The third-order valence-corrected chi connectivity index (χ3v) is 8.52. The molecule has 3 aliphatic rings. The maximum atomic E-state index is 12.7. The first-order chi connectivity index (χ1) is 19.4. The predicted octanol–water partition coefficient (Wildman–Crippen LogP) is 7.87. The van der Waals surface area contributed by atoms with Crippen LogP contribution in [0.4, 0.5) is 0 Å². The number of ether oxygens (including phenoxy) is 4. The molecular formula is C33H54O7. The van der Waals surface area contributed by atoms with Gasteiger partial charge in [-0.05, 0) is 116 Å². The van der Waals surface area contributed by atoms with Crippen molar-refractivity contribution in [3.8, 4) is 0 Å². The van der Waals surface area contributed by atoms with Crippen molar-refractivity contribution >= 4 is 11.8 Å². The van der Waals surface area contributed by atoms with Crippen LogP contribution < -0.4 is 0 Å². The number of rotatable bonds is 18. The van der Waals surface area contributed by atoms with E-state index in [1.165, 1.54) is 18.4 Å².